The summed E-state index contributed by atoms with van der Waals surface area (Å²) in [5.74, 6) is -0.135. The van der Waals surface area contributed by atoms with Crippen LogP contribution in [-0.2, 0) is 6.18 Å². The van der Waals surface area contributed by atoms with Crippen molar-refractivity contribution in [3.63, 3.8) is 0 Å². The van der Waals surface area contributed by atoms with E-state index >= 15 is 0 Å². The molecular weight excluding hydrogens is 515 g/mol. The van der Waals surface area contributed by atoms with Gasteiger partial charge in [0.05, 0.1) is 11.1 Å². The fourth-order valence-electron chi connectivity index (χ4n) is 5.19. The van der Waals surface area contributed by atoms with Crippen LogP contribution in [0, 0.1) is 0 Å². The number of fused-ring (bicyclic) bond motifs is 1. The van der Waals surface area contributed by atoms with Gasteiger partial charge in [0.1, 0.15) is 5.69 Å². The standard InChI is InChI=1S/C27H24F3N5O2S/c28-27(29,30)18-3-1-2-16(8-18)22-10-31-23-9-17(4-5-21(22)23)25(36)35-12-20(13-35)33-19-6-7-34(11-19)26(37)24-14-38-15-32-24/h1-5,8-10,14-15,19-20,31,33H,6-7,11-13H2. The summed E-state index contributed by atoms with van der Waals surface area (Å²) in [5, 5.41) is 6.07. The lowest BCUT2D eigenvalue weighted by Crippen LogP contribution is -2.62. The molecule has 4 aromatic rings. The number of benzene rings is 2. The lowest BCUT2D eigenvalue weighted by Gasteiger charge is -2.41. The fourth-order valence-corrected chi connectivity index (χ4v) is 5.71. The van der Waals surface area contributed by atoms with Crippen molar-refractivity contribution in [2.24, 2.45) is 0 Å². The summed E-state index contributed by atoms with van der Waals surface area (Å²) in [5.41, 5.74) is 3.76. The SMILES string of the molecule is O=C(c1ccc2c(-c3cccc(C(F)(F)F)c3)c[nH]c2c1)N1CC(NC2CCN(C(=O)c3cscn3)C2)C1. The molecule has 0 bridgehead atoms. The van der Waals surface area contributed by atoms with Gasteiger partial charge in [-0.1, -0.05) is 18.2 Å². The summed E-state index contributed by atoms with van der Waals surface area (Å²) < 4.78 is 39.5. The zero-order valence-electron chi connectivity index (χ0n) is 20.2. The zero-order valence-corrected chi connectivity index (χ0v) is 21.0. The molecule has 2 aromatic carbocycles. The summed E-state index contributed by atoms with van der Waals surface area (Å²) >= 11 is 1.40. The first-order valence-electron chi connectivity index (χ1n) is 12.3. The third-order valence-corrected chi connectivity index (χ3v) is 7.78. The summed E-state index contributed by atoms with van der Waals surface area (Å²) in [6.45, 7) is 2.46. The number of hydrogen-bond acceptors (Lipinski definition) is 5. The van der Waals surface area contributed by atoms with E-state index in [4.69, 9.17) is 0 Å². The number of halogens is 3. The minimum Gasteiger partial charge on any atom is -0.361 e. The van der Waals surface area contributed by atoms with Crippen LogP contribution < -0.4 is 5.32 Å². The van der Waals surface area contributed by atoms with Crippen molar-refractivity contribution in [3.05, 3.63) is 76.4 Å². The summed E-state index contributed by atoms with van der Waals surface area (Å²) in [6, 6.07) is 10.8. The van der Waals surface area contributed by atoms with Crippen molar-refractivity contribution in [1.82, 2.24) is 25.1 Å². The second-order valence-corrected chi connectivity index (χ2v) is 10.4. The monoisotopic (exact) mass is 539 g/mol. The van der Waals surface area contributed by atoms with E-state index in [1.807, 2.05) is 4.90 Å². The lowest BCUT2D eigenvalue weighted by atomic mass is 10.0. The molecule has 1 unspecified atom stereocenters. The lowest BCUT2D eigenvalue weighted by molar-refractivity contribution is -0.137. The van der Waals surface area contributed by atoms with E-state index in [0.717, 1.165) is 23.9 Å². The number of hydrogen-bond donors (Lipinski definition) is 2. The number of alkyl halides is 3. The van der Waals surface area contributed by atoms with Gasteiger partial charge in [0, 0.05) is 71.9 Å². The Morgan fingerprint density at radius 3 is 2.61 bits per heavy atom. The molecule has 196 valence electrons. The molecule has 4 heterocycles. The van der Waals surface area contributed by atoms with E-state index in [2.05, 4.69) is 15.3 Å². The number of H-pyrrole nitrogens is 1. The van der Waals surface area contributed by atoms with Crippen molar-refractivity contribution in [3.8, 4) is 11.1 Å². The molecule has 0 saturated carbocycles. The molecule has 0 spiro atoms. The molecule has 2 aliphatic heterocycles. The fraction of sp³-hybridized carbons (Fsp3) is 0.296. The molecule has 1 atom stereocenters. The van der Waals surface area contributed by atoms with Crippen LogP contribution >= 0.6 is 11.3 Å². The Balaban J connectivity index is 1.07. The molecule has 6 rings (SSSR count). The molecule has 11 heteroatoms. The van der Waals surface area contributed by atoms with Crippen LogP contribution in [0.3, 0.4) is 0 Å². The van der Waals surface area contributed by atoms with Gasteiger partial charge in [0.25, 0.3) is 11.8 Å². The van der Waals surface area contributed by atoms with Crippen molar-refractivity contribution in [1.29, 1.82) is 0 Å². The average molecular weight is 540 g/mol. The van der Waals surface area contributed by atoms with Crippen LogP contribution in [0.1, 0.15) is 32.8 Å². The highest BCUT2D eigenvalue weighted by Gasteiger charge is 2.35. The maximum Gasteiger partial charge on any atom is 0.416 e. The molecule has 0 aliphatic carbocycles. The Labute approximate surface area is 220 Å². The van der Waals surface area contributed by atoms with Crippen LogP contribution in [0.4, 0.5) is 13.2 Å². The number of rotatable bonds is 5. The van der Waals surface area contributed by atoms with E-state index < -0.39 is 11.7 Å². The first-order chi connectivity index (χ1) is 18.3. The van der Waals surface area contributed by atoms with E-state index in [-0.39, 0.29) is 23.9 Å². The Morgan fingerprint density at radius 2 is 1.84 bits per heavy atom. The number of nitrogens with one attached hydrogen (secondary N) is 2. The van der Waals surface area contributed by atoms with E-state index in [0.29, 0.717) is 54.1 Å². The second kappa shape index (κ2) is 9.55. The Morgan fingerprint density at radius 1 is 1.03 bits per heavy atom. The van der Waals surface area contributed by atoms with Crippen molar-refractivity contribution >= 4 is 34.1 Å². The third-order valence-electron chi connectivity index (χ3n) is 7.20. The van der Waals surface area contributed by atoms with Crippen molar-refractivity contribution in [2.45, 2.75) is 24.7 Å². The summed E-state index contributed by atoms with van der Waals surface area (Å²) in [4.78, 5) is 36.3. The smallest absolute Gasteiger partial charge is 0.361 e. The van der Waals surface area contributed by atoms with Gasteiger partial charge in [0.2, 0.25) is 0 Å². The minimum absolute atomic E-state index is 0.0445. The predicted octanol–water partition coefficient (Wildman–Crippen LogP) is 4.64. The summed E-state index contributed by atoms with van der Waals surface area (Å²) in [7, 11) is 0. The van der Waals surface area contributed by atoms with Crippen molar-refractivity contribution < 1.29 is 22.8 Å². The van der Waals surface area contributed by atoms with Crippen LogP contribution in [0.15, 0.2) is 59.6 Å². The molecule has 2 fully saturated rings. The first-order valence-corrected chi connectivity index (χ1v) is 13.2. The Bertz CT molecular complexity index is 1490. The van der Waals surface area contributed by atoms with Gasteiger partial charge in [0.15, 0.2) is 0 Å². The van der Waals surface area contributed by atoms with Gasteiger partial charge >= 0.3 is 6.18 Å². The maximum absolute atomic E-state index is 13.2. The van der Waals surface area contributed by atoms with E-state index in [1.165, 1.54) is 17.4 Å². The van der Waals surface area contributed by atoms with Crippen molar-refractivity contribution in [2.75, 3.05) is 26.2 Å². The molecule has 38 heavy (non-hydrogen) atoms. The number of aromatic amines is 1. The zero-order chi connectivity index (χ0) is 26.4. The number of likely N-dealkylation sites (tertiary alicyclic amines) is 2. The number of thiazole rings is 1. The van der Waals surface area contributed by atoms with Gasteiger partial charge in [-0.2, -0.15) is 13.2 Å². The maximum atomic E-state index is 13.2. The number of amides is 2. The first kappa shape index (κ1) is 24.6. The number of nitrogens with zero attached hydrogens (tertiary/aromatic N) is 3. The second-order valence-electron chi connectivity index (χ2n) is 9.73. The molecule has 2 aromatic heterocycles. The molecule has 0 radical (unpaired) electrons. The normalized spacial score (nSPS) is 18.2. The molecule has 7 nitrogen and oxygen atoms in total. The number of carbonyl (C=O) groups excluding carboxylic acids is 2. The highest BCUT2D eigenvalue weighted by atomic mass is 32.1. The number of aromatic nitrogens is 2. The van der Waals surface area contributed by atoms with Gasteiger partial charge in [-0.3, -0.25) is 9.59 Å². The van der Waals surface area contributed by atoms with E-state index in [9.17, 15) is 22.8 Å². The average Bonchev–Trinajstić information content (AvgIpc) is 3.65. The molecule has 2 N–H and O–H groups in total. The largest absolute Gasteiger partial charge is 0.416 e. The third kappa shape index (κ3) is 4.67. The predicted molar refractivity (Wildman–Crippen MR) is 138 cm³/mol. The molecule has 2 aliphatic rings. The topological polar surface area (TPSA) is 81.3 Å². The summed E-state index contributed by atoms with van der Waals surface area (Å²) in [6.07, 6.45) is -1.89. The van der Waals surface area contributed by atoms with Gasteiger partial charge < -0.3 is 20.1 Å². The quantitative estimate of drug-likeness (QED) is 0.387. The minimum atomic E-state index is -4.41. The molecule has 2 saturated heterocycles. The highest BCUT2D eigenvalue weighted by Crippen LogP contribution is 2.35. The molecular formula is C27H24F3N5O2S. The highest BCUT2D eigenvalue weighted by molar-refractivity contribution is 7.07. The van der Waals surface area contributed by atoms with E-state index in [1.54, 1.807) is 46.3 Å². The van der Waals surface area contributed by atoms with Crippen LogP contribution in [0.5, 0.6) is 0 Å². The number of carbonyl (C=O) groups is 2. The van der Waals surface area contributed by atoms with Gasteiger partial charge in [-0.25, -0.2) is 4.98 Å². The van der Waals surface area contributed by atoms with Crippen LogP contribution in [-0.4, -0.2) is 69.8 Å². The van der Waals surface area contributed by atoms with Gasteiger partial charge in [-0.05, 0) is 36.2 Å². The molecule has 2 amide bonds. The Hall–Kier alpha value is -3.70. The van der Waals surface area contributed by atoms with Gasteiger partial charge in [-0.15, -0.1) is 11.3 Å². The Kier molecular flexibility index (Phi) is 6.19. The van der Waals surface area contributed by atoms with Crippen LogP contribution in [0.25, 0.3) is 22.0 Å². The van der Waals surface area contributed by atoms with Crippen LogP contribution in [0.2, 0.25) is 0 Å².